The maximum atomic E-state index is 16.5. The molecule has 2 N–H and O–H groups in total. The van der Waals surface area contributed by atoms with Crippen LogP contribution >= 0.6 is 11.6 Å². The molecule has 0 spiro atoms. The largest absolute Gasteiger partial charge is 0.473 e. The molecule has 8 rings (SSSR count). The second kappa shape index (κ2) is 13.9. The van der Waals surface area contributed by atoms with Gasteiger partial charge in [0.25, 0.3) is 5.91 Å². The van der Waals surface area contributed by atoms with Gasteiger partial charge in [0.15, 0.2) is 11.6 Å². The molecule has 3 aromatic carbocycles. The predicted molar refractivity (Wildman–Crippen MR) is 191 cm³/mol. The second-order valence-corrected chi connectivity index (χ2v) is 13.5. The van der Waals surface area contributed by atoms with Gasteiger partial charge in [-0.05, 0) is 73.9 Å². The van der Waals surface area contributed by atoms with Gasteiger partial charge in [0.05, 0.1) is 29.4 Å². The van der Waals surface area contributed by atoms with Gasteiger partial charge in [-0.25, -0.2) is 23.6 Å². The van der Waals surface area contributed by atoms with Crippen molar-refractivity contribution in [3.63, 3.8) is 0 Å². The van der Waals surface area contributed by atoms with Crippen LogP contribution in [0.15, 0.2) is 72.8 Å². The maximum absolute atomic E-state index is 16.5. The van der Waals surface area contributed by atoms with Gasteiger partial charge in [-0.2, -0.15) is 13.9 Å². The molecule has 0 radical (unpaired) electrons. The van der Waals surface area contributed by atoms with Gasteiger partial charge in [0.2, 0.25) is 5.88 Å². The van der Waals surface area contributed by atoms with Crippen LogP contribution in [0.25, 0.3) is 27.5 Å². The first-order valence-corrected chi connectivity index (χ1v) is 17.4. The Morgan fingerprint density at radius 3 is 2.70 bits per heavy atom. The number of imidazole rings is 1. The fraction of sp³-hybridized carbons (Fsp3) is 0.263. The molecule has 272 valence electrons. The van der Waals surface area contributed by atoms with E-state index in [2.05, 4.69) is 25.5 Å². The van der Waals surface area contributed by atoms with Crippen molar-refractivity contribution in [2.75, 3.05) is 25.0 Å². The number of benzene rings is 3. The summed E-state index contributed by atoms with van der Waals surface area (Å²) in [6.45, 7) is 2.35. The third kappa shape index (κ3) is 6.85. The molecule has 0 bridgehead atoms. The number of fused-ring (bicyclic) bond motifs is 2. The Morgan fingerprint density at radius 1 is 1.09 bits per heavy atom. The number of aromatic nitrogens is 5. The molecule has 1 amide bonds. The van der Waals surface area contributed by atoms with Gasteiger partial charge in [-0.3, -0.25) is 9.89 Å². The second-order valence-electron chi connectivity index (χ2n) is 13.0. The lowest BCUT2D eigenvalue weighted by atomic mass is 10.0. The third-order valence-corrected chi connectivity index (χ3v) is 9.80. The molecule has 1 atom stereocenters. The molecule has 2 aliphatic heterocycles. The Labute approximate surface area is 305 Å². The molecule has 53 heavy (non-hydrogen) atoms. The van der Waals surface area contributed by atoms with Crippen LogP contribution < -0.4 is 10.1 Å². The first kappa shape index (κ1) is 34.8. The third-order valence-electron chi connectivity index (χ3n) is 9.57. The van der Waals surface area contributed by atoms with E-state index in [-0.39, 0.29) is 66.3 Å². The molecule has 2 aliphatic rings. The number of pyridine rings is 1. The molecule has 5 heterocycles. The SMILES string of the molecule is Cc1[nH]nc2c(F)cc(C(=O)Nc3ccc4c(c3)nc(C(F)(F)N3CC=C(c5cccc(OCc6ccc(Cl)cc6F)n5)CC3)n4CC3CCO3)cc12. The van der Waals surface area contributed by atoms with Crippen molar-refractivity contribution in [3.8, 4) is 5.88 Å². The van der Waals surface area contributed by atoms with E-state index in [1.54, 1.807) is 61.5 Å². The van der Waals surface area contributed by atoms with Gasteiger partial charge >= 0.3 is 6.05 Å². The molecule has 0 saturated carbocycles. The molecule has 1 saturated heterocycles. The van der Waals surface area contributed by atoms with Crippen molar-refractivity contribution in [2.45, 2.75) is 45.1 Å². The highest BCUT2D eigenvalue weighted by Crippen LogP contribution is 2.38. The average Bonchev–Trinajstić information content (AvgIpc) is 3.70. The van der Waals surface area contributed by atoms with E-state index in [1.807, 2.05) is 0 Å². The van der Waals surface area contributed by atoms with Crippen LogP contribution in [0.1, 0.15) is 46.0 Å². The highest BCUT2D eigenvalue weighted by atomic mass is 35.5. The Morgan fingerprint density at radius 2 is 1.94 bits per heavy atom. The van der Waals surface area contributed by atoms with Crippen LogP contribution in [0.5, 0.6) is 5.88 Å². The molecule has 0 aliphatic carbocycles. The summed E-state index contributed by atoms with van der Waals surface area (Å²) in [4.78, 5) is 23.2. The van der Waals surface area contributed by atoms with Crippen molar-refractivity contribution in [1.82, 2.24) is 29.6 Å². The van der Waals surface area contributed by atoms with Gasteiger partial charge < -0.3 is 19.4 Å². The molecular formula is C38H32ClF4N7O3. The van der Waals surface area contributed by atoms with E-state index in [1.165, 1.54) is 16.7 Å². The number of halogens is 5. The first-order valence-electron chi connectivity index (χ1n) is 17.0. The topological polar surface area (TPSA) is 110 Å². The predicted octanol–water partition coefficient (Wildman–Crippen LogP) is 8.01. The van der Waals surface area contributed by atoms with Crippen LogP contribution in [-0.4, -0.2) is 61.3 Å². The summed E-state index contributed by atoms with van der Waals surface area (Å²) < 4.78 is 74.7. The molecule has 15 heteroatoms. The van der Waals surface area contributed by atoms with Crippen molar-refractivity contribution < 1.29 is 31.8 Å². The summed E-state index contributed by atoms with van der Waals surface area (Å²) in [5, 5.41) is 10.2. The number of aromatic amines is 1. The summed E-state index contributed by atoms with van der Waals surface area (Å²) in [6, 6.07) is 13.4. The smallest absolute Gasteiger partial charge is 0.364 e. The minimum absolute atomic E-state index is 0.0169. The molecular weight excluding hydrogens is 714 g/mol. The van der Waals surface area contributed by atoms with Gasteiger partial charge in [-0.15, -0.1) is 0 Å². The summed E-state index contributed by atoms with van der Waals surface area (Å²) in [5.74, 6) is -1.86. The lowest BCUT2D eigenvalue weighted by Gasteiger charge is -2.34. The Balaban J connectivity index is 1.01. The number of hydrogen-bond donors (Lipinski definition) is 2. The number of nitrogens with zero attached hydrogens (tertiary/aromatic N) is 5. The van der Waals surface area contributed by atoms with Crippen LogP contribution in [0.2, 0.25) is 5.02 Å². The summed E-state index contributed by atoms with van der Waals surface area (Å²) in [5.41, 5.74) is 3.55. The molecule has 1 unspecified atom stereocenters. The number of amides is 1. The number of carbonyl (C=O) groups excluding carboxylic acids is 1. The van der Waals surface area contributed by atoms with E-state index < -0.39 is 29.4 Å². The monoisotopic (exact) mass is 745 g/mol. The molecule has 10 nitrogen and oxygen atoms in total. The van der Waals surface area contributed by atoms with E-state index >= 15 is 8.78 Å². The first-order chi connectivity index (χ1) is 25.5. The highest BCUT2D eigenvalue weighted by molar-refractivity contribution is 6.30. The van der Waals surface area contributed by atoms with Gasteiger partial charge in [-0.1, -0.05) is 29.8 Å². The van der Waals surface area contributed by atoms with Crippen LogP contribution in [0, 0.1) is 18.6 Å². The van der Waals surface area contributed by atoms with E-state index in [0.29, 0.717) is 40.1 Å². The normalized spacial score (nSPS) is 16.5. The van der Waals surface area contributed by atoms with Crippen LogP contribution in [0.3, 0.4) is 0 Å². The number of hydrogen-bond acceptors (Lipinski definition) is 7. The van der Waals surface area contributed by atoms with E-state index in [4.69, 9.17) is 21.1 Å². The summed E-state index contributed by atoms with van der Waals surface area (Å²) in [6.07, 6.45) is 2.49. The lowest BCUT2D eigenvalue weighted by Crippen LogP contribution is -2.44. The minimum Gasteiger partial charge on any atom is -0.473 e. The molecule has 1 fully saturated rings. The standard InChI is InChI=1S/C38H32ClF4N7O3/c1-21-28-15-24(16-30(41)35(28)48-47-21)36(51)44-26-7-8-33-32(18-26)46-37(50(33)19-27-11-14-52-27)38(42,43)49-12-9-22(10-13-49)31-3-2-4-34(45-31)53-20-23-5-6-25(39)17-29(23)40/h2-9,15-18,27H,10-14,19-20H2,1H3,(H,44,51)(H,47,48). The number of rotatable bonds is 10. The number of carbonyl (C=O) groups is 1. The van der Waals surface area contributed by atoms with Crippen LogP contribution in [0.4, 0.5) is 23.2 Å². The number of H-pyrrole nitrogens is 1. The maximum Gasteiger partial charge on any atom is 0.364 e. The Hall–Kier alpha value is -5.31. The lowest BCUT2D eigenvalue weighted by molar-refractivity contribution is -0.160. The number of nitrogens with one attached hydrogen (secondary N) is 2. The Kier molecular flexibility index (Phi) is 9.13. The van der Waals surface area contributed by atoms with Crippen molar-refractivity contribution in [1.29, 1.82) is 0 Å². The van der Waals surface area contributed by atoms with Gasteiger partial charge in [0.1, 0.15) is 17.9 Å². The van der Waals surface area contributed by atoms with Crippen molar-refractivity contribution >= 4 is 50.7 Å². The quantitative estimate of drug-likeness (QED) is 0.108. The highest BCUT2D eigenvalue weighted by Gasteiger charge is 2.45. The van der Waals surface area contributed by atoms with E-state index in [0.717, 1.165) is 23.0 Å². The zero-order chi connectivity index (χ0) is 36.9. The zero-order valence-electron chi connectivity index (χ0n) is 28.3. The van der Waals surface area contributed by atoms with Crippen molar-refractivity contribution in [3.05, 3.63) is 118 Å². The van der Waals surface area contributed by atoms with Crippen molar-refractivity contribution in [2.24, 2.45) is 0 Å². The molecule has 3 aromatic heterocycles. The Bertz CT molecular complexity index is 2410. The van der Waals surface area contributed by atoms with Gasteiger partial charge in [0, 0.05) is 58.7 Å². The minimum atomic E-state index is -3.47. The zero-order valence-corrected chi connectivity index (χ0v) is 29.1. The fourth-order valence-corrected chi connectivity index (χ4v) is 6.71. The van der Waals surface area contributed by atoms with Crippen LogP contribution in [-0.2, 0) is 23.9 Å². The summed E-state index contributed by atoms with van der Waals surface area (Å²) >= 11 is 5.84. The number of ether oxygens (including phenoxy) is 2. The number of alkyl halides is 2. The number of anilines is 1. The summed E-state index contributed by atoms with van der Waals surface area (Å²) in [7, 11) is 0. The fourth-order valence-electron chi connectivity index (χ4n) is 6.55. The number of aryl methyl sites for hydroxylation is 1. The molecule has 6 aromatic rings. The van der Waals surface area contributed by atoms with E-state index in [9.17, 15) is 13.6 Å². The average molecular weight is 746 g/mol.